The van der Waals surface area contributed by atoms with Gasteiger partial charge in [0.25, 0.3) is 0 Å². The van der Waals surface area contributed by atoms with E-state index in [1.807, 2.05) is 26.0 Å². The van der Waals surface area contributed by atoms with Gasteiger partial charge in [-0.3, -0.25) is 4.79 Å². The van der Waals surface area contributed by atoms with Gasteiger partial charge in [0.15, 0.2) is 5.78 Å². The molecule has 112 valence electrons. The Labute approximate surface area is 138 Å². The van der Waals surface area contributed by atoms with Crippen molar-refractivity contribution < 1.29 is 4.79 Å². The highest BCUT2D eigenvalue weighted by Crippen LogP contribution is 2.21. The number of thiophene rings is 1. The number of hydrogen-bond donors (Lipinski definition) is 0. The highest BCUT2D eigenvalue weighted by atomic mass is 79.9. The van der Waals surface area contributed by atoms with Crippen LogP contribution in [0.1, 0.15) is 32.8 Å². The molecule has 1 aromatic carbocycles. The lowest BCUT2D eigenvalue weighted by molar-refractivity contribution is 0.0968. The number of hydrogen-bond acceptors (Lipinski definition) is 3. The average molecular weight is 366 g/mol. The Hall–Kier alpha value is -0.970. The van der Waals surface area contributed by atoms with Gasteiger partial charge in [-0.15, -0.1) is 11.3 Å². The number of ketones is 1. The molecule has 21 heavy (non-hydrogen) atoms. The van der Waals surface area contributed by atoms with Crippen LogP contribution in [0.25, 0.3) is 0 Å². The molecule has 1 heterocycles. The predicted molar refractivity (Wildman–Crippen MR) is 93.2 cm³/mol. The fraction of sp³-hybridized carbons (Fsp3) is 0.353. The number of carbonyl (C=O) groups excluding carboxylic acids is 1. The molecule has 0 radical (unpaired) electrons. The maximum atomic E-state index is 12.3. The van der Waals surface area contributed by atoms with E-state index in [0.29, 0.717) is 6.42 Å². The van der Waals surface area contributed by atoms with Crippen molar-refractivity contribution >= 4 is 33.0 Å². The zero-order valence-electron chi connectivity index (χ0n) is 12.6. The summed E-state index contributed by atoms with van der Waals surface area (Å²) in [5.41, 5.74) is 3.13. The van der Waals surface area contributed by atoms with Crippen molar-refractivity contribution in [2.45, 2.75) is 26.8 Å². The molecule has 0 bridgehead atoms. The van der Waals surface area contributed by atoms with Crippen molar-refractivity contribution in [2.24, 2.45) is 0 Å². The van der Waals surface area contributed by atoms with Crippen LogP contribution in [0.5, 0.6) is 0 Å². The average Bonchev–Trinajstić information content (AvgIpc) is 2.80. The zero-order valence-corrected chi connectivity index (χ0v) is 15.1. The SMILES string of the molecule is Cc1cc(C)cc(C(=O)CCN(C)Cc2cc(Br)cs2)c1. The molecule has 2 aromatic rings. The van der Waals surface area contributed by atoms with E-state index < -0.39 is 0 Å². The molecule has 0 saturated heterocycles. The lowest BCUT2D eigenvalue weighted by Gasteiger charge is -2.15. The van der Waals surface area contributed by atoms with E-state index in [9.17, 15) is 4.79 Å². The van der Waals surface area contributed by atoms with E-state index in [4.69, 9.17) is 0 Å². The van der Waals surface area contributed by atoms with Crippen LogP contribution >= 0.6 is 27.3 Å². The van der Waals surface area contributed by atoms with Gasteiger partial charge in [-0.25, -0.2) is 0 Å². The second-order valence-electron chi connectivity index (χ2n) is 5.52. The van der Waals surface area contributed by atoms with Gasteiger partial charge >= 0.3 is 0 Å². The number of aryl methyl sites for hydroxylation is 2. The molecule has 0 unspecified atom stereocenters. The molecule has 0 aliphatic rings. The van der Waals surface area contributed by atoms with E-state index in [0.717, 1.165) is 34.3 Å². The van der Waals surface area contributed by atoms with Gasteiger partial charge in [0.1, 0.15) is 0 Å². The first-order valence-electron chi connectivity index (χ1n) is 6.97. The zero-order chi connectivity index (χ0) is 15.4. The molecular weight excluding hydrogens is 346 g/mol. The third kappa shape index (κ3) is 5.06. The molecule has 0 fully saturated rings. The highest BCUT2D eigenvalue weighted by Gasteiger charge is 2.09. The van der Waals surface area contributed by atoms with Gasteiger partial charge in [0, 0.05) is 39.8 Å². The van der Waals surface area contributed by atoms with Crippen LogP contribution in [0.2, 0.25) is 0 Å². The topological polar surface area (TPSA) is 20.3 Å². The van der Waals surface area contributed by atoms with Gasteiger partial charge < -0.3 is 4.90 Å². The third-order valence-corrected chi connectivity index (χ3v) is 4.99. The maximum absolute atomic E-state index is 12.3. The molecule has 0 saturated carbocycles. The molecule has 0 amide bonds. The van der Waals surface area contributed by atoms with E-state index in [-0.39, 0.29) is 5.78 Å². The molecule has 2 rings (SSSR count). The summed E-state index contributed by atoms with van der Waals surface area (Å²) in [5.74, 6) is 0.223. The molecule has 0 N–H and O–H groups in total. The molecule has 0 aliphatic carbocycles. The van der Waals surface area contributed by atoms with Crippen LogP contribution in [0, 0.1) is 13.8 Å². The Morgan fingerprint density at radius 3 is 2.43 bits per heavy atom. The number of benzene rings is 1. The van der Waals surface area contributed by atoms with Crippen LogP contribution in [0.15, 0.2) is 34.1 Å². The summed E-state index contributed by atoms with van der Waals surface area (Å²) in [4.78, 5) is 15.8. The first-order chi connectivity index (χ1) is 9.94. The summed E-state index contributed by atoms with van der Waals surface area (Å²) in [5, 5.41) is 2.09. The van der Waals surface area contributed by atoms with E-state index in [1.54, 1.807) is 11.3 Å². The molecule has 0 spiro atoms. The minimum absolute atomic E-state index is 0.223. The monoisotopic (exact) mass is 365 g/mol. The van der Waals surface area contributed by atoms with E-state index in [1.165, 1.54) is 4.88 Å². The number of carbonyl (C=O) groups is 1. The Morgan fingerprint density at radius 1 is 1.19 bits per heavy atom. The highest BCUT2D eigenvalue weighted by molar-refractivity contribution is 9.10. The molecule has 0 aliphatic heterocycles. The third-order valence-electron chi connectivity index (χ3n) is 3.31. The van der Waals surface area contributed by atoms with Gasteiger partial charge in [-0.1, -0.05) is 17.2 Å². The number of halogens is 1. The molecule has 0 atom stereocenters. The smallest absolute Gasteiger partial charge is 0.164 e. The lowest BCUT2D eigenvalue weighted by atomic mass is 10.0. The number of nitrogens with zero attached hydrogens (tertiary/aromatic N) is 1. The Morgan fingerprint density at radius 2 is 1.86 bits per heavy atom. The lowest BCUT2D eigenvalue weighted by Crippen LogP contribution is -2.21. The van der Waals surface area contributed by atoms with Crippen molar-refractivity contribution in [1.29, 1.82) is 0 Å². The largest absolute Gasteiger partial charge is 0.301 e. The summed E-state index contributed by atoms with van der Waals surface area (Å²) < 4.78 is 1.13. The van der Waals surface area contributed by atoms with Crippen molar-refractivity contribution in [1.82, 2.24) is 4.90 Å². The summed E-state index contributed by atoms with van der Waals surface area (Å²) >= 11 is 5.21. The van der Waals surface area contributed by atoms with E-state index in [2.05, 4.69) is 45.4 Å². The predicted octanol–water partition coefficient (Wildman–Crippen LogP) is 4.83. The normalized spacial score (nSPS) is 11.1. The van der Waals surface area contributed by atoms with Gasteiger partial charge in [0.2, 0.25) is 0 Å². The second-order valence-corrected chi connectivity index (χ2v) is 7.43. The van der Waals surface area contributed by atoms with Crippen LogP contribution in [0.4, 0.5) is 0 Å². The second kappa shape index (κ2) is 7.34. The molecule has 4 heteroatoms. The van der Waals surface area contributed by atoms with Gasteiger partial charge in [-0.05, 0) is 55.0 Å². The Kier molecular flexibility index (Phi) is 5.73. The minimum atomic E-state index is 0.223. The molecule has 2 nitrogen and oxygen atoms in total. The van der Waals surface area contributed by atoms with Crippen molar-refractivity contribution in [2.75, 3.05) is 13.6 Å². The van der Waals surface area contributed by atoms with Gasteiger partial charge in [0.05, 0.1) is 0 Å². The van der Waals surface area contributed by atoms with Crippen molar-refractivity contribution in [3.63, 3.8) is 0 Å². The summed E-state index contributed by atoms with van der Waals surface area (Å²) in [7, 11) is 2.06. The minimum Gasteiger partial charge on any atom is -0.301 e. The van der Waals surface area contributed by atoms with Crippen molar-refractivity contribution in [3.05, 3.63) is 55.7 Å². The fourth-order valence-electron chi connectivity index (χ4n) is 2.35. The first-order valence-corrected chi connectivity index (χ1v) is 8.64. The quantitative estimate of drug-likeness (QED) is 0.683. The van der Waals surface area contributed by atoms with Crippen LogP contribution in [-0.4, -0.2) is 24.3 Å². The summed E-state index contributed by atoms with van der Waals surface area (Å²) in [6, 6.07) is 8.18. The van der Waals surface area contributed by atoms with Crippen molar-refractivity contribution in [3.8, 4) is 0 Å². The first kappa shape index (κ1) is 16.4. The number of Topliss-reactive ketones (excluding diaryl/α,β-unsaturated/α-hetero) is 1. The van der Waals surface area contributed by atoms with Crippen LogP contribution in [0.3, 0.4) is 0 Å². The maximum Gasteiger partial charge on any atom is 0.164 e. The summed E-state index contributed by atoms with van der Waals surface area (Å²) in [6.07, 6.45) is 0.561. The Bertz CT molecular complexity index is 615. The Balaban J connectivity index is 1.88. The summed E-state index contributed by atoms with van der Waals surface area (Å²) in [6.45, 7) is 5.73. The molecule has 1 aromatic heterocycles. The fourth-order valence-corrected chi connectivity index (χ4v) is 3.88. The van der Waals surface area contributed by atoms with E-state index >= 15 is 0 Å². The van der Waals surface area contributed by atoms with Gasteiger partial charge in [-0.2, -0.15) is 0 Å². The van der Waals surface area contributed by atoms with Crippen LogP contribution < -0.4 is 0 Å². The van der Waals surface area contributed by atoms with Crippen LogP contribution in [-0.2, 0) is 6.54 Å². The molecular formula is C17H20BrNOS. The standard InChI is InChI=1S/C17H20BrNOS/c1-12-6-13(2)8-14(7-12)17(20)4-5-19(3)10-16-9-15(18)11-21-16/h6-9,11H,4-5,10H2,1-3H3. The number of rotatable bonds is 6.